The van der Waals surface area contributed by atoms with Crippen molar-refractivity contribution in [3.63, 3.8) is 0 Å². The average molecular weight is 304 g/mol. The molecule has 0 aliphatic heterocycles. The molecule has 116 valence electrons. The highest BCUT2D eigenvalue weighted by molar-refractivity contribution is 5.32. The molecule has 0 fully saturated rings. The Morgan fingerprint density at radius 1 is 1.14 bits per heavy atom. The van der Waals surface area contributed by atoms with Crippen LogP contribution in [-0.2, 0) is 6.54 Å². The minimum Gasteiger partial charge on any atom is -0.492 e. The van der Waals surface area contributed by atoms with Crippen LogP contribution in [0.4, 0.5) is 10.1 Å². The number of halogens is 1. The second-order valence-corrected chi connectivity index (χ2v) is 4.96. The summed E-state index contributed by atoms with van der Waals surface area (Å²) in [6.45, 7) is 1.84. The van der Waals surface area contributed by atoms with Crippen LogP contribution < -0.4 is 4.74 Å². The zero-order valence-corrected chi connectivity index (χ0v) is 12.2. The number of benzene rings is 2. The number of nitrogens with zero attached hydrogens (tertiary/aromatic N) is 2. The Morgan fingerprint density at radius 2 is 1.77 bits per heavy atom. The lowest BCUT2D eigenvalue weighted by Crippen LogP contribution is -2.23. The van der Waals surface area contributed by atoms with E-state index in [0.717, 1.165) is 5.56 Å². The van der Waals surface area contributed by atoms with E-state index in [-0.39, 0.29) is 11.5 Å². The predicted molar refractivity (Wildman–Crippen MR) is 81.3 cm³/mol. The lowest BCUT2D eigenvalue weighted by molar-refractivity contribution is -0.384. The molecule has 0 N–H and O–H groups in total. The number of non-ortho nitro benzene ring substituents is 1. The van der Waals surface area contributed by atoms with Crippen LogP contribution in [0.2, 0.25) is 0 Å². The monoisotopic (exact) mass is 304 g/mol. The predicted octanol–water partition coefficient (Wildman–Crippen LogP) is 3.24. The molecule has 0 amide bonds. The van der Waals surface area contributed by atoms with Crippen molar-refractivity contribution >= 4 is 5.69 Å². The average Bonchev–Trinajstić information content (AvgIpc) is 2.50. The van der Waals surface area contributed by atoms with Gasteiger partial charge in [0.15, 0.2) is 0 Å². The Balaban J connectivity index is 1.76. The summed E-state index contributed by atoms with van der Waals surface area (Å²) >= 11 is 0. The molecule has 0 heterocycles. The molecule has 2 rings (SSSR count). The maximum absolute atomic E-state index is 12.8. The summed E-state index contributed by atoms with van der Waals surface area (Å²) in [6, 6.07) is 12.4. The lowest BCUT2D eigenvalue weighted by Gasteiger charge is -2.17. The first-order chi connectivity index (χ1) is 10.5. The van der Waals surface area contributed by atoms with Gasteiger partial charge in [0, 0.05) is 25.2 Å². The van der Waals surface area contributed by atoms with Gasteiger partial charge in [0.25, 0.3) is 5.69 Å². The SMILES string of the molecule is CN(CCOc1ccc(F)cc1)Cc1ccc([N+](=O)[O-])cc1. The third kappa shape index (κ3) is 4.82. The Morgan fingerprint density at radius 3 is 2.36 bits per heavy atom. The molecule has 0 atom stereocenters. The van der Waals surface area contributed by atoms with Crippen molar-refractivity contribution in [2.75, 3.05) is 20.2 Å². The first-order valence-electron chi connectivity index (χ1n) is 6.85. The number of hydrogen-bond donors (Lipinski definition) is 0. The van der Waals surface area contributed by atoms with Gasteiger partial charge < -0.3 is 4.74 Å². The molecule has 0 aromatic heterocycles. The molecule has 0 saturated carbocycles. The highest BCUT2D eigenvalue weighted by atomic mass is 19.1. The largest absolute Gasteiger partial charge is 0.492 e. The van der Waals surface area contributed by atoms with Crippen molar-refractivity contribution in [2.45, 2.75) is 6.54 Å². The Hall–Kier alpha value is -2.47. The van der Waals surface area contributed by atoms with Crippen LogP contribution in [0.5, 0.6) is 5.75 Å². The van der Waals surface area contributed by atoms with Gasteiger partial charge in [-0.2, -0.15) is 0 Å². The van der Waals surface area contributed by atoms with E-state index in [9.17, 15) is 14.5 Å². The first-order valence-corrected chi connectivity index (χ1v) is 6.85. The highest BCUT2D eigenvalue weighted by Crippen LogP contribution is 2.13. The van der Waals surface area contributed by atoms with E-state index in [4.69, 9.17) is 4.74 Å². The molecular weight excluding hydrogens is 287 g/mol. The van der Waals surface area contributed by atoms with E-state index in [2.05, 4.69) is 0 Å². The molecular formula is C16H17FN2O3. The third-order valence-electron chi connectivity index (χ3n) is 3.16. The fourth-order valence-electron chi connectivity index (χ4n) is 1.96. The number of ether oxygens (including phenoxy) is 1. The van der Waals surface area contributed by atoms with Crippen molar-refractivity contribution in [3.8, 4) is 5.75 Å². The molecule has 2 aromatic rings. The molecule has 5 nitrogen and oxygen atoms in total. The highest BCUT2D eigenvalue weighted by Gasteiger charge is 2.06. The Labute approximate surface area is 128 Å². The lowest BCUT2D eigenvalue weighted by atomic mass is 10.2. The standard InChI is InChI=1S/C16H17FN2O3/c1-18(10-11-22-16-8-4-14(17)5-9-16)12-13-2-6-15(7-3-13)19(20)21/h2-9H,10-12H2,1H3. The maximum atomic E-state index is 12.8. The van der Waals surface area contributed by atoms with Gasteiger partial charge in [0.2, 0.25) is 0 Å². The van der Waals surface area contributed by atoms with Gasteiger partial charge in [0.05, 0.1) is 4.92 Å². The number of nitro benzene ring substituents is 1. The van der Waals surface area contributed by atoms with Gasteiger partial charge in [0.1, 0.15) is 18.2 Å². The van der Waals surface area contributed by atoms with Crippen molar-refractivity contribution in [1.29, 1.82) is 0 Å². The minimum absolute atomic E-state index is 0.0889. The zero-order chi connectivity index (χ0) is 15.9. The topological polar surface area (TPSA) is 55.6 Å². The maximum Gasteiger partial charge on any atom is 0.269 e. The molecule has 0 saturated heterocycles. The minimum atomic E-state index is -0.413. The zero-order valence-electron chi connectivity index (χ0n) is 12.2. The van der Waals surface area contributed by atoms with Crippen LogP contribution in [-0.4, -0.2) is 30.0 Å². The quantitative estimate of drug-likeness (QED) is 0.582. The molecule has 0 unspecified atom stereocenters. The molecule has 0 spiro atoms. The summed E-state index contributed by atoms with van der Waals surface area (Å²) in [5, 5.41) is 10.6. The van der Waals surface area contributed by atoms with Crippen molar-refractivity contribution in [3.05, 3.63) is 70.0 Å². The Bertz CT molecular complexity index is 614. The molecule has 22 heavy (non-hydrogen) atoms. The van der Waals surface area contributed by atoms with Crippen molar-refractivity contribution < 1.29 is 14.1 Å². The first kappa shape index (κ1) is 15.9. The molecule has 0 bridgehead atoms. The molecule has 6 heteroatoms. The molecule has 0 aliphatic rings. The molecule has 0 radical (unpaired) electrons. The summed E-state index contributed by atoms with van der Waals surface area (Å²) in [7, 11) is 1.94. The van der Waals surface area contributed by atoms with Crippen LogP contribution in [0.15, 0.2) is 48.5 Å². The van der Waals surface area contributed by atoms with Gasteiger partial charge in [-0.05, 0) is 36.9 Å². The van der Waals surface area contributed by atoms with E-state index in [1.807, 2.05) is 11.9 Å². The Kier molecular flexibility index (Phi) is 5.43. The third-order valence-corrected chi connectivity index (χ3v) is 3.16. The fraction of sp³-hybridized carbons (Fsp3) is 0.250. The normalized spacial score (nSPS) is 10.7. The van der Waals surface area contributed by atoms with E-state index < -0.39 is 4.92 Å². The van der Waals surface area contributed by atoms with Crippen LogP contribution in [0.3, 0.4) is 0 Å². The summed E-state index contributed by atoms with van der Waals surface area (Å²) in [5.41, 5.74) is 1.08. The van der Waals surface area contributed by atoms with Gasteiger partial charge in [-0.3, -0.25) is 15.0 Å². The summed E-state index contributed by atoms with van der Waals surface area (Å²) in [4.78, 5) is 12.2. The second kappa shape index (κ2) is 7.51. The van der Waals surface area contributed by atoms with Crippen LogP contribution >= 0.6 is 0 Å². The van der Waals surface area contributed by atoms with Crippen LogP contribution in [0.25, 0.3) is 0 Å². The van der Waals surface area contributed by atoms with E-state index in [1.54, 1.807) is 24.3 Å². The summed E-state index contributed by atoms with van der Waals surface area (Å²) in [5.74, 6) is 0.341. The number of nitro groups is 1. The second-order valence-electron chi connectivity index (χ2n) is 4.96. The van der Waals surface area contributed by atoms with Crippen molar-refractivity contribution in [2.24, 2.45) is 0 Å². The van der Waals surface area contributed by atoms with Gasteiger partial charge >= 0.3 is 0 Å². The van der Waals surface area contributed by atoms with Gasteiger partial charge in [-0.1, -0.05) is 12.1 Å². The fourth-order valence-corrected chi connectivity index (χ4v) is 1.96. The van der Waals surface area contributed by atoms with Crippen LogP contribution in [0.1, 0.15) is 5.56 Å². The smallest absolute Gasteiger partial charge is 0.269 e. The van der Waals surface area contributed by atoms with Gasteiger partial charge in [-0.25, -0.2) is 4.39 Å². The summed E-state index contributed by atoms with van der Waals surface area (Å²) in [6.07, 6.45) is 0. The number of rotatable bonds is 7. The van der Waals surface area contributed by atoms with E-state index in [0.29, 0.717) is 25.4 Å². The number of hydrogen-bond acceptors (Lipinski definition) is 4. The van der Waals surface area contributed by atoms with E-state index >= 15 is 0 Å². The molecule has 0 aliphatic carbocycles. The van der Waals surface area contributed by atoms with Crippen molar-refractivity contribution in [1.82, 2.24) is 4.90 Å². The number of likely N-dealkylation sites (N-methyl/N-ethyl adjacent to an activating group) is 1. The van der Waals surface area contributed by atoms with E-state index in [1.165, 1.54) is 24.3 Å². The summed E-state index contributed by atoms with van der Waals surface area (Å²) < 4.78 is 18.3. The molecule has 2 aromatic carbocycles. The van der Waals surface area contributed by atoms with Gasteiger partial charge in [-0.15, -0.1) is 0 Å². The van der Waals surface area contributed by atoms with Crippen LogP contribution in [0, 0.1) is 15.9 Å².